The van der Waals surface area contributed by atoms with Crippen LogP contribution in [0.25, 0.3) is 0 Å². The number of nitrogens with zero attached hydrogens (tertiary/aromatic N) is 3. The van der Waals surface area contributed by atoms with Crippen molar-refractivity contribution >= 4 is 15.7 Å². The van der Waals surface area contributed by atoms with Gasteiger partial charge in [0.15, 0.2) is 9.84 Å². The maximum Gasteiger partial charge on any atom is 0.270 e. The second-order valence-corrected chi connectivity index (χ2v) is 8.74. The van der Waals surface area contributed by atoms with Crippen molar-refractivity contribution in [3.63, 3.8) is 0 Å². The van der Waals surface area contributed by atoms with Gasteiger partial charge in [0.25, 0.3) is 5.91 Å². The summed E-state index contributed by atoms with van der Waals surface area (Å²) in [6, 6.07) is 8.73. The third-order valence-electron chi connectivity index (χ3n) is 4.97. The average molecular weight is 360 g/mol. The first-order valence-corrected chi connectivity index (χ1v) is 10.1. The zero-order valence-electron chi connectivity index (χ0n) is 13.7. The number of carbonyl (C=O) groups excluding carboxylic acids is 1. The smallest absolute Gasteiger partial charge is 0.270 e. The first-order chi connectivity index (χ1) is 12.0. The molecule has 2 atom stereocenters. The Balaban J connectivity index is 1.59. The normalized spacial score (nSPS) is 25.7. The Morgan fingerprint density at radius 1 is 1.16 bits per heavy atom. The molecule has 2 aliphatic heterocycles. The topological polar surface area (TPSA) is 86.4 Å². The summed E-state index contributed by atoms with van der Waals surface area (Å²) in [6.45, 7) is 1.75. The lowest BCUT2D eigenvalue weighted by Crippen LogP contribution is -2.60. The first-order valence-electron chi connectivity index (χ1n) is 8.32. The molecule has 4 rings (SSSR count). The molecule has 2 aromatic rings. The summed E-state index contributed by atoms with van der Waals surface area (Å²) < 4.78 is 24.5. The number of aromatic amines is 1. The number of hydrogen-bond acceptors (Lipinski definition) is 5. The summed E-state index contributed by atoms with van der Waals surface area (Å²) in [5.41, 5.74) is 1.41. The SMILES string of the molecule is O=C(c1ccc[nH]1)N1CCN(Cc2ccccn2)C2CS(=O)(=O)CC21. The molecule has 2 aromatic heterocycles. The fraction of sp³-hybridized carbons (Fsp3) is 0.412. The maximum absolute atomic E-state index is 12.7. The van der Waals surface area contributed by atoms with Gasteiger partial charge in [-0.15, -0.1) is 0 Å². The van der Waals surface area contributed by atoms with E-state index in [9.17, 15) is 13.2 Å². The number of amides is 1. The van der Waals surface area contributed by atoms with E-state index in [1.165, 1.54) is 0 Å². The van der Waals surface area contributed by atoms with Gasteiger partial charge in [-0.25, -0.2) is 8.42 Å². The molecule has 0 saturated carbocycles. The van der Waals surface area contributed by atoms with E-state index in [1.807, 2.05) is 18.2 Å². The number of pyridine rings is 1. The van der Waals surface area contributed by atoms with E-state index in [4.69, 9.17) is 0 Å². The van der Waals surface area contributed by atoms with E-state index in [0.29, 0.717) is 25.3 Å². The van der Waals surface area contributed by atoms with E-state index in [0.717, 1.165) is 5.69 Å². The Bertz CT molecular complexity index is 851. The minimum absolute atomic E-state index is 0.0306. The lowest BCUT2D eigenvalue weighted by Gasteiger charge is -2.43. The van der Waals surface area contributed by atoms with Crippen LogP contribution in [-0.2, 0) is 16.4 Å². The van der Waals surface area contributed by atoms with Crippen LogP contribution in [0.1, 0.15) is 16.2 Å². The number of carbonyl (C=O) groups is 1. The molecule has 1 N–H and O–H groups in total. The number of rotatable bonds is 3. The fourth-order valence-electron chi connectivity index (χ4n) is 3.79. The van der Waals surface area contributed by atoms with Crippen LogP contribution in [0.4, 0.5) is 0 Å². The van der Waals surface area contributed by atoms with Gasteiger partial charge in [-0.2, -0.15) is 0 Å². The van der Waals surface area contributed by atoms with Crippen LogP contribution in [0.3, 0.4) is 0 Å². The Morgan fingerprint density at radius 3 is 2.72 bits per heavy atom. The molecule has 0 radical (unpaired) electrons. The van der Waals surface area contributed by atoms with E-state index < -0.39 is 9.84 Å². The third kappa shape index (κ3) is 3.19. The van der Waals surface area contributed by atoms with Crippen LogP contribution in [0.5, 0.6) is 0 Å². The number of hydrogen-bond donors (Lipinski definition) is 1. The zero-order valence-corrected chi connectivity index (χ0v) is 14.5. The molecular formula is C17H20N4O3S. The van der Waals surface area contributed by atoms with Crippen molar-refractivity contribution in [2.24, 2.45) is 0 Å². The quantitative estimate of drug-likeness (QED) is 0.863. The Kier molecular flexibility index (Phi) is 4.09. The molecular weight excluding hydrogens is 340 g/mol. The van der Waals surface area contributed by atoms with Crippen LogP contribution in [0.15, 0.2) is 42.7 Å². The first kappa shape index (κ1) is 16.3. The summed E-state index contributed by atoms with van der Waals surface area (Å²) in [5.74, 6) is -0.00319. The van der Waals surface area contributed by atoms with Gasteiger partial charge in [0.05, 0.1) is 23.2 Å². The lowest BCUT2D eigenvalue weighted by molar-refractivity contribution is 0.0298. The summed E-state index contributed by atoms with van der Waals surface area (Å²) in [7, 11) is -3.16. The monoisotopic (exact) mass is 360 g/mol. The van der Waals surface area contributed by atoms with Crippen LogP contribution in [0.2, 0.25) is 0 Å². The average Bonchev–Trinajstić information content (AvgIpc) is 3.22. The van der Waals surface area contributed by atoms with Crippen molar-refractivity contribution < 1.29 is 13.2 Å². The van der Waals surface area contributed by atoms with E-state index in [1.54, 1.807) is 29.4 Å². The van der Waals surface area contributed by atoms with Crippen LogP contribution in [-0.4, -0.2) is 70.8 Å². The summed E-state index contributed by atoms with van der Waals surface area (Å²) in [5, 5.41) is 0. The summed E-state index contributed by atoms with van der Waals surface area (Å²) in [6.07, 6.45) is 3.44. The molecule has 2 saturated heterocycles. The largest absolute Gasteiger partial charge is 0.357 e. The Morgan fingerprint density at radius 2 is 2.00 bits per heavy atom. The molecule has 0 bridgehead atoms. The van der Waals surface area contributed by atoms with Crippen molar-refractivity contribution in [1.82, 2.24) is 19.8 Å². The molecule has 4 heterocycles. The minimum atomic E-state index is -3.16. The molecule has 8 heteroatoms. The maximum atomic E-state index is 12.7. The highest BCUT2D eigenvalue weighted by atomic mass is 32.2. The van der Waals surface area contributed by atoms with Gasteiger partial charge in [-0.05, 0) is 24.3 Å². The van der Waals surface area contributed by atoms with Gasteiger partial charge in [-0.1, -0.05) is 6.07 Å². The van der Waals surface area contributed by atoms with Crippen molar-refractivity contribution in [1.29, 1.82) is 0 Å². The molecule has 0 aromatic carbocycles. The number of sulfone groups is 1. The van der Waals surface area contributed by atoms with Crippen LogP contribution < -0.4 is 0 Å². The Hall–Kier alpha value is -2.19. The van der Waals surface area contributed by atoms with Crippen LogP contribution in [0, 0.1) is 0 Å². The van der Waals surface area contributed by atoms with E-state index in [2.05, 4.69) is 14.9 Å². The number of H-pyrrole nitrogens is 1. The molecule has 2 fully saturated rings. The van der Waals surface area contributed by atoms with Crippen molar-refractivity contribution in [2.45, 2.75) is 18.6 Å². The Labute approximate surface area is 146 Å². The standard InChI is InChI=1S/C17H20N4O3S/c22-17(14-5-3-7-19-14)21-9-8-20(10-13-4-1-2-6-18-13)15-11-25(23,24)12-16(15)21/h1-7,15-16,19H,8-12H2. The molecule has 25 heavy (non-hydrogen) atoms. The molecule has 2 unspecified atom stereocenters. The van der Waals surface area contributed by atoms with Crippen LogP contribution >= 0.6 is 0 Å². The van der Waals surface area contributed by atoms with Gasteiger partial charge in [0, 0.05) is 38.1 Å². The lowest BCUT2D eigenvalue weighted by atomic mass is 10.0. The fourth-order valence-corrected chi connectivity index (χ4v) is 5.80. The highest BCUT2D eigenvalue weighted by Crippen LogP contribution is 2.29. The number of piperazine rings is 1. The van der Waals surface area contributed by atoms with E-state index in [-0.39, 0.29) is 29.5 Å². The number of fused-ring (bicyclic) bond motifs is 1. The van der Waals surface area contributed by atoms with Gasteiger partial charge in [-0.3, -0.25) is 14.7 Å². The predicted molar refractivity (Wildman–Crippen MR) is 92.7 cm³/mol. The summed E-state index contributed by atoms with van der Waals surface area (Å²) in [4.78, 5) is 23.9. The van der Waals surface area contributed by atoms with E-state index >= 15 is 0 Å². The number of nitrogens with one attached hydrogen (secondary N) is 1. The molecule has 7 nitrogen and oxygen atoms in total. The second kappa shape index (κ2) is 6.27. The minimum Gasteiger partial charge on any atom is -0.357 e. The third-order valence-corrected chi connectivity index (χ3v) is 6.67. The predicted octanol–water partition coefficient (Wildman–Crippen LogP) is 0.533. The number of aromatic nitrogens is 2. The van der Waals surface area contributed by atoms with Crippen molar-refractivity contribution in [2.75, 3.05) is 24.6 Å². The zero-order chi connectivity index (χ0) is 17.4. The molecule has 0 aliphatic carbocycles. The van der Waals surface area contributed by atoms with Gasteiger partial charge in [0.1, 0.15) is 5.69 Å². The van der Waals surface area contributed by atoms with Gasteiger partial charge >= 0.3 is 0 Å². The molecule has 132 valence electrons. The molecule has 1 amide bonds. The molecule has 0 spiro atoms. The highest BCUT2D eigenvalue weighted by Gasteiger charge is 2.48. The van der Waals surface area contributed by atoms with Gasteiger partial charge < -0.3 is 9.88 Å². The summed E-state index contributed by atoms with van der Waals surface area (Å²) >= 11 is 0. The highest BCUT2D eigenvalue weighted by molar-refractivity contribution is 7.91. The van der Waals surface area contributed by atoms with Crippen molar-refractivity contribution in [3.05, 3.63) is 54.1 Å². The van der Waals surface area contributed by atoms with Crippen molar-refractivity contribution in [3.8, 4) is 0 Å². The second-order valence-electron chi connectivity index (χ2n) is 6.59. The molecule has 2 aliphatic rings. The van der Waals surface area contributed by atoms with Gasteiger partial charge in [0.2, 0.25) is 0 Å².